The van der Waals surface area contributed by atoms with Crippen LogP contribution >= 0.6 is 12.4 Å². The Labute approximate surface area is 212 Å². The normalized spacial score (nSPS) is 31.6. The van der Waals surface area contributed by atoms with Gasteiger partial charge in [0.15, 0.2) is 17.6 Å². The molecule has 1 spiro atoms. The van der Waals surface area contributed by atoms with Crippen LogP contribution in [-0.2, 0) is 23.1 Å². The first-order valence-electron chi connectivity index (χ1n) is 12.4. The van der Waals surface area contributed by atoms with Crippen molar-refractivity contribution in [3.05, 3.63) is 58.9 Å². The fourth-order valence-corrected chi connectivity index (χ4v) is 7.74. The highest BCUT2D eigenvalue weighted by atomic mass is 35.5. The van der Waals surface area contributed by atoms with Crippen LogP contribution in [0.3, 0.4) is 0 Å². The second-order valence-electron chi connectivity index (χ2n) is 10.3. The van der Waals surface area contributed by atoms with Gasteiger partial charge in [-0.15, -0.1) is 19.0 Å². The molecular weight excluding hydrogens is 466 g/mol. The van der Waals surface area contributed by atoms with Crippen LogP contribution in [0.25, 0.3) is 0 Å². The molecule has 188 valence electrons. The third kappa shape index (κ3) is 2.51. The fraction of sp³-hybridized carbons (Fsp3) is 0.519. The number of aliphatic hydroxyl groups is 1. The minimum atomic E-state index is -1.42. The lowest BCUT2D eigenvalue weighted by Gasteiger charge is -2.68. The Bertz CT molecular complexity index is 1220. The molecule has 1 amide bonds. The number of hydrogen-bond acceptors (Lipinski definition) is 5. The average molecular weight is 500 g/mol. The van der Waals surface area contributed by atoms with E-state index in [-0.39, 0.29) is 24.1 Å². The van der Waals surface area contributed by atoms with Gasteiger partial charge in [0.25, 0.3) is 0 Å². The second-order valence-corrected chi connectivity index (χ2v) is 10.3. The van der Waals surface area contributed by atoms with Crippen LogP contribution in [0.4, 0.5) is 0 Å². The molecule has 1 aromatic carbocycles. The lowest BCUT2D eigenvalue weighted by molar-refractivity contribution is -0.222. The summed E-state index contributed by atoms with van der Waals surface area (Å²) in [6.07, 6.45) is 4.63. The molecule has 0 radical (unpaired) electrons. The molecular formula is C27H34ClN3O4. The molecule has 4 aliphatic rings. The summed E-state index contributed by atoms with van der Waals surface area (Å²) in [5.74, 6) is 0.511. The molecule has 8 heteroatoms. The van der Waals surface area contributed by atoms with Crippen LogP contribution in [0.1, 0.15) is 54.3 Å². The molecule has 3 heterocycles. The maximum absolute atomic E-state index is 14.6. The van der Waals surface area contributed by atoms with Gasteiger partial charge in [-0.25, -0.2) is 0 Å². The molecule has 3 N–H and O–H groups in total. The molecule has 4 atom stereocenters. The van der Waals surface area contributed by atoms with Gasteiger partial charge in [0, 0.05) is 50.8 Å². The maximum atomic E-state index is 14.6. The number of nitrogens with zero attached hydrogens (tertiary/aromatic N) is 2. The molecule has 1 fully saturated rings. The van der Waals surface area contributed by atoms with Gasteiger partial charge in [-0.1, -0.05) is 12.1 Å². The van der Waals surface area contributed by atoms with Crippen molar-refractivity contribution in [1.29, 1.82) is 0 Å². The van der Waals surface area contributed by atoms with Crippen LogP contribution in [0.2, 0.25) is 0 Å². The number of hydrogen-bond donors (Lipinski definition) is 3. The van der Waals surface area contributed by atoms with Gasteiger partial charge in [-0.3, -0.25) is 9.69 Å². The summed E-state index contributed by atoms with van der Waals surface area (Å²) in [4.78, 5) is 22.0. The number of aromatic nitrogens is 1. The number of nitrogens with one attached hydrogen (secondary N) is 1. The van der Waals surface area contributed by atoms with Crippen LogP contribution in [0.5, 0.6) is 11.5 Å². The number of aromatic amines is 1. The predicted molar refractivity (Wildman–Crippen MR) is 135 cm³/mol. The number of ether oxygens (including phenoxy) is 1. The monoisotopic (exact) mass is 499 g/mol. The number of fused-ring (bicyclic) bond motifs is 2. The van der Waals surface area contributed by atoms with E-state index in [0.29, 0.717) is 51.2 Å². The first-order chi connectivity index (χ1) is 16.3. The Hall–Kier alpha value is -2.48. The maximum Gasteiger partial charge on any atom is 0.246 e. The third-order valence-corrected chi connectivity index (χ3v) is 9.23. The SMILES string of the molecule is C=CCN1CCC23c4c5ccc(O)c4OC2c2[nH]cc(C)c2CC3(O)C1(C(=O)N(CC)CC)C5.Cl. The number of carbonyl (C=O) groups excluding carboxylic acids is 1. The molecule has 1 saturated heterocycles. The third-order valence-electron chi connectivity index (χ3n) is 9.23. The van der Waals surface area contributed by atoms with Gasteiger partial charge >= 0.3 is 0 Å². The first kappa shape index (κ1) is 24.2. The first-order valence-corrected chi connectivity index (χ1v) is 12.4. The summed E-state index contributed by atoms with van der Waals surface area (Å²) in [5.41, 5.74) is 1.45. The van der Waals surface area contributed by atoms with E-state index in [1.54, 1.807) is 6.07 Å². The Morgan fingerprint density at radius 3 is 2.77 bits per heavy atom. The predicted octanol–water partition coefficient (Wildman–Crippen LogP) is 3.16. The standard InChI is InChI=1S/C27H33N3O4.ClH/c1-5-11-30-12-10-25-20-17-8-9-19(31)22(20)34-23(25)21-18(16(4)15-28-21)14-27(25,33)26(30,13-17)24(32)29(6-2)7-3;/h5,8-9,15,23,28,31,33H,1,6-7,10-14H2,2-4H3;1H. The highest BCUT2D eigenvalue weighted by Crippen LogP contribution is 2.71. The highest BCUT2D eigenvalue weighted by Gasteiger charge is 2.80. The zero-order valence-corrected chi connectivity index (χ0v) is 21.4. The van der Waals surface area contributed by atoms with Crippen molar-refractivity contribution in [3.8, 4) is 11.5 Å². The number of aromatic hydroxyl groups is 1. The molecule has 0 saturated carbocycles. The Kier molecular flexibility index (Phi) is 5.37. The van der Waals surface area contributed by atoms with Crippen molar-refractivity contribution in [2.45, 2.75) is 62.7 Å². The van der Waals surface area contributed by atoms with Crippen molar-refractivity contribution in [2.24, 2.45) is 0 Å². The minimum absolute atomic E-state index is 0. The van der Waals surface area contributed by atoms with Crippen molar-refractivity contribution >= 4 is 18.3 Å². The largest absolute Gasteiger partial charge is 0.504 e. The number of benzene rings is 1. The molecule has 4 unspecified atom stereocenters. The number of rotatable bonds is 5. The summed E-state index contributed by atoms with van der Waals surface area (Å²) < 4.78 is 6.54. The topological polar surface area (TPSA) is 89.0 Å². The van der Waals surface area contributed by atoms with E-state index in [0.717, 1.165) is 27.9 Å². The number of aryl methyl sites for hydroxylation is 1. The van der Waals surface area contributed by atoms with E-state index in [1.807, 2.05) is 44.0 Å². The number of phenolic OH excluding ortho intramolecular Hbond substituents is 1. The van der Waals surface area contributed by atoms with Gasteiger partial charge in [-0.2, -0.15) is 0 Å². The summed E-state index contributed by atoms with van der Waals surface area (Å²) in [7, 11) is 0. The van der Waals surface area contributed by atoms with Crippen molar-refractivity contribution in [1.82, 2.24) is 14.8 Å². The number of likely N-dealkylation sites (N-methyl/N-ethyl adjacent to an activating group) is 1. The van der Waals surface area contributed by atoms with Gasteiger partial charge in [0.1, 0.15) is 11.1 Å². The molecule has 2 bridgehead atoms. The Balaban J connectivity index is 0.00000253. The number of piperidine rings is 1. The zero-order valence-electron chi connectivity index (χ0n) is 20.6. The van der Waals surface area contributed by atoms with Gasteiger partial charge in [0.05, 0.1) is 11.1 Å². The average Bonchev–Trinajstić information content (AvgIpc) is 3.35. The van der Waals surface area contributed by atoms with E-state index in [9.17, 15) is 15.0 Å². The van der Waals surface area contributed by atoms with E-state index in [1.165, 1.54) is 0 Å². The summed E-state index contributed by atoms with van der Waals surface area (Å²) >= 11 is 0. The molecule has 2 aliphatic heterocycles. The van der Waals surface area contributed by atoms with Crippen molar-refractivity contribution < 1.29 is 19.7 Å². The van der Waals surface area contributed by atoms with Gasteiger partial charge < -0.3 is 24.8 Å². The molecule has 6 rings (SSSR count). The Morgan fingerprint density at radius 1 is 1.34 bits per heavy atom. The van der Waals surface area contributed by atoms with E-state index >= 15 is 0 Å². The van der Waals surface area contributed by atoms with Crippen LogP contribution in [0.15, 0.2) is 31.0 Å². The fourth-order valence-electron chi connectivity index (χ4n) is 7.74. The van der Waals surface area contributed by atoms with Crippen LogP contribution < -0.4 is 4.74 Å². The van der Waals surface area contributed by atoms with E-state index in [4.69, 9.17) is 4.74 Å². The molecule has 2 aliphatic carbocycles. The zero-order chi connectivity index (χ0) is 24.0. The Morgan fingerprint density at radius 2 is 2.09 bits per heavy atom. The number of phenols is 1. The number of likely N-dealkylation sites (tertiary alicyclic amines) is 1. The summed E-state index contributed by atoms with van der Waals surface area (Å²) in [6.45, 7) is 12.3. The van der Waals surface area contributed by atoms with Crippen molar-refractivity contribution in [3.63, 3.8) is 0 Å². The van der Waals surface area contributed by atoms with Crippen LogP contribution in [-0.4, -0.2) is 68.2 Å². The summed E-state index contributed by atoms with van der Waals surface area (Å²) in [6, 6.07) is 3.58. The lowest BCUT2D eigenvalue weighted by atomic mass is 9.44. The minimum Gasteiger partial charge on any atom is -0.504 e. The molecule has 1 aromatic heterocycles. The van der Waals surface area contributed by atoms with Crippen molar-refractivity contribution in [2.75, 3.05) is 26.2 Å². The number of H-pyrrole nitrogens is 1. The van der Waals surface area contributed by atoms with Gasteiger partial charge in [0.2, 0.25) is 5.91 Å². The summed E-state index contributed by atoms with van der Waals surface area (Å²) in [5, 5.41) is 24.0. The van der Waals surface area contributed by atoms with Gasteiger partial charge in [-0.05, 0) is 49.9 Å². The molecule has 7 nitrogen and oxygen atoms in total. The highest BCUT2D eigenvalue weighted by molar-refractivity contribution is 5.91. The smallest absolute Gasteiger partial charge is 0.246 e. The quantitative estimate of drug-likeness (QED) is 0.550. The molecule has 2 aromatic rings. The second kappa shape index (κ2) is 7.76. The van der Waals surface area contributed by atoms with Crippen LogP contribution in [0, 0.1) is 6.92 Å². The number of amides is 1. The molecule has 35 heavy (non-hydrogen) atoms. The van der Waals surface area contributed by atoms with E-state index < -0.39 is 22.7 Å². The number of carbonyl (C=O) groups is 1. The lowest BCUT2D eigenvalue weighted by Crippen LogP contribution is -2.84. The van der Waals surface area contributed by atoms with E-state index in [2.05, 4.69) is 16.5 Å². The number of halogens is 1.